The second-order valence-corrected chi connectivity index (χ2v) is 5.55. The number of rotatable bonds is 5. The molecule has 1 aliphatic carbocycles. The largest absolute Gasteiger partial charge is 0.459 e. The van der Waals surface area contributed by atoms with Crippen LogP contribution >= 0.6 is 0 Å². The van der Waals surface area contributed by atoms with Crippen LogP contribution in [0, 0.1) is 12.8 Å². The topological polar surface area (TPSA) is 25.2 Å². The third-order valence-corrected chi connectivity index (χ3v) is 3.94. The molecule has 0 spiro atoms. The summed E-state index contributed by atoms with van der Waals surface area (Å²) >= 11 is 0. The van der Waals surface area contributed by atoms with E-state index in [0.717, 1.165) is 17.3 Å². The normalized spacial score (nSPS) is 17.2. The summed E-state index contributed by atoms with van der Waals surface area (Å²) in [6.07, 6.45) is 5.35. The molecule has 18 heavy (non-hydrogen) atoms. The first kappa shape index (κ1) is 11.8. The van der Waals surface area contributed by atoms with Gasteiger partial charge in [0.2, 0.25) is 0 Å². The molecule has 3 rings (SSSR count). The molecule has 1 fully saturated rings. The monoisotopic (exact) mass is 243 g/mol. The number of nitrogens with one attached hydrogen (secondary N) is 1. The van der Waals surface area contributed by atoms with Crippen LogP contribution in [0.4, 0.5) is 0 Å². The summed E-state index contributed by atoms with van der Waals surface area (Å²) in [5, 5.41) is 4.60. The molecule has 1 unspecified atom stereocenters. The van der Waals surface area contributed by atoms with E-state index >= 15 is 0 Å². The Balaban J connectivity index is 1.81. The van der Waals surface area contributed by atoms with Crippen LogP contribution in [0.1, 0.15) is 43.0 Å². The van der Waals surface area contributed by atoms with E-state index in [2.05, 4.69) is 36.5 Å². The molecule has 1 aromatic heterocycles. The van der Waals surface area contributed by atoms with Crippen molar-refractivity contribution in [3.05, 3.63) is 35.6 Å². The van der Waals surface area contributed by atoms with Crippen LogP contribution in [0.3, 0.4) is 0 Å². The van der Waals surface area contributed by atoms with Crippen LogP contribution < -0.4 is 5.32 Å². The number of furan rings is 1. The molecule has 1 saturated carbocycles. The van der Waals surface area contributed by atoms with Crippen molar-refractivity contribution >= 4 is 11.0 Å². The van der Waals surface area contributed by atoms with Gasteiger partial charge in [-0.1, -0.05) is 24.5 Å². The van der Waals surface area contributed by atoms with E-state index in [1.54, 1.807) is 0 Å². The lowest BCUT2D eigenvalue weighted by Crippen LogP contribution is -2.15. The maximum absolute atomic E-state index is 5.97. The van der Waals surface area contributed by atoms with E-state index in [1.165, 1.54) is 36.6 Å². The van der Waals surface area contributed by atoms with Gasteiger partial charge in [0.1, 0.15) is 11.3 Å². The zero-order valence-corrected chi connectivity index (χ0v) is 11.2. The molecule has 96 valence electrons. The summed E-state index contributed by atoms with van der Waals surface area (Å²) < 4.78 is 5.97. The molecule has 1 heterocycles. The molecule has 0 aliphatic heterocycles. The van der Waals surface area contributed by atoms with Gasteiger partial charge in [0.25, 0.3) is 0 Å². The fraction of sp³-hybridized carbons (Fsp3) is 0.500. The molecular formula is C16H21NO. The van der Waals surface area contributed by atoms with E-state index in [1.807, 2.05) is 7.05 Å². The van der Waals surface area contributed by atoms with Crippen LogP contribution in [-0.2, 0) is 0 Å². The highest BCUT2D eigenvalue weighted by Crippen LogP contribution is 2.36. The second kappa shape index (κ2) is 4.77. The smallest absolute Gasteiger partial charge is 0.134 e. The van der Waals surface area contributed by atoms with Gasteiger partial charge in [-0.2, -0.15) is 0 Å². The Morgan fingerprint density at radius 2 is 2.17 bits per heavy atom. The van der Waals surface area contributed by atoms with Crippen LogP contribution in [-0.4, -0.2) is 7.05 Å². The van der Waals surface area contributed by atoms with Crippen molar-refractivity contribution in [1.29, 1.82) is 0 Å². The summed E-state index contributed by atoms with van der Waals surface area (Å²) in [4.78, 5) is 0. The van der Waals surface area contributed by atoms with Gasteiger partial charge < -0.3 is 9.73 Å². The zero-order chi connectivity index (χ0) is 12.5. The van der Waals surface area contributed by atoms with Crippen molar-refractivity contribution in [1.82, 2.24) is 5.32 Å². The van der Waals surface area contributed by atoms with Crippen LogP contribution in [0.25, 0.3) is 11.0 Å². The summed E-state index contributed by atoms with van der Waals surface area (Å²) in [6.45, 7) is 2.12. The van der Waals surface area contributed by atoms with E-state index in [9.17, 15) is 0 Å². The zero-order valence-electron chi connectivity index (χ0n) is 11.2. The van der Waals surface area contributed by atoms with Gasteiger partial charge in [0, 0.05) is 5.39 Å². The van der Waals surface area contributed by atoms with Crippen molar-refractivity contribution in [3.8, 4) is 0 Å². The predicted octanol–water partition coefficient (Wildman–Crippen LogP) is 4.19. The summed E-state index contributed by atoms with van der Waals surface area (Å²) in [5.74, 6) is 2.06. The Kier molecular flexibility index (Phi) is 3.13. The predicted molar refractivity (Wildman–Crippen MR) is 74.7 cm³/mol. The Labute approximate surface area is 108 Å². The molecule has 0 amide bonds. The van der Waals surface area contributed by atoms with E-state index in [0.29, 0.717) is 6.04 Å². The van der Waals surface area contributed by atoms with Gasteiger partial charge in [-0.05, 0) is 50.9 Å². The number of aryl methyl sites for hydroxylation is 1. The minimum absolute atomic E-state index is 0.360. The average Bonchev–Trinajstić information content (AvgIpc) is 3.09. The van der Waals surface area contributed by atoms with Gasteiger partial charge in [0.05, 0.1) is 6.04 Å². The number of fused-ring (bicyclic) bond motifs is 1. The Morgan fingerprint density at radius 1 is 1.33 bits per heavy atom. The van der Waals surface area contributed by atoms with Gasteiger partial charge >= 0.3 is 0 Å². The third-order valence-electron chi connectivity index (χ3n) is 3.94. The second-order valence-electron chi connectivity index (χ2n) is 5.55. The van der Waals surface area contributed by atoms with Crippen molar-refractivity contribution in [2.75, 3.05) is 7.05 Å². The van der Waals surface area contributed by atoms with Crippen LogP contribution in [0.15, 0.2) is 28.7 Å². The SMILES string of the molecule is CNC(CCC1CC1)c1cc2cc(C)ccc2o1. The standard InChI is InChI=1S/C16H21NO/c1-11-3-8-15-13(9-11)10-16(18-15)14(17-2)7-6-12-4-5-12/h3,8-10,12,14,17H,4-7H2,1-2H3. The molecule has 1 N–H and O–H groups in total. The number of hydrogen-bond donors (Lipinski definition) is 1. The highest BCUT2D eigenvalue weighted by molar-refractivity contribution is 5.78. The molecular weight excluding hydrogens is 222 g/mol. The number of hydrogen-bond acceptors (Lipinski definition) is 2. The van der Waals surface area contributed by atoms with E-state index < -0.39 is 0 Å². The van der Waals surface area contributed by atoms with Gasteiger partial charge in [0.15, 0.2) is 0 Å². The Morgan fingerprint density at radius 3 is 2.89 bits per heavy atom. The molecule has 2 heteroatoms. The fourth-order valence-electron chi connectivity index (χ4n) is 2.59. The molecule has 1 atom stereocenters. The first-order valence-electron chi connectivity index (χ1n) is 6.93. The molecule has 2 aromatic rings. The molecule has 0 radical (unpaired) electrons. The minimum atomic E-state index is 0.360. The average molecular weight is 243 g/mol. The molecule has 0 bridgehead atoms. The van der Waals surface area contributed by atoms with E-state index in [-0.39, 0.29) is 0 Å². The lowest BCUT2D eigenvalue weighted by atomic mass is 10.1. The Hall–Kier alpha value is -1.28. The highest BCUT2D eigenvalue weighted by Gasteiger charge is 2.23. The third kappa shape index (κ3) is 2.44. The van der Waals surface area contributed by atoms with E-state index in [4.69, 9.17) is 4.42 Å². The minimum Gasteiger partial charge on any atom is -0.459 e. The fourth-order valence-corrected chi connectivity index (χ4v) is 2.59. The summed E-state index contributed by atoms with van der Waals surface area (Å²) in [7, 11) is 2.02. The first-order valence-corrected chi connectivity index (χ1v) is 6.93. The van der Waals surface area contributed by atoms with Crippen molar-refractivity contribution in [2.24, 2.45) is 5.92 Å². The van der Waals surface area contributed by atoms with Crippen molar-refractivity contribution in [3.63, 3.8) is 0 Å². The molecule has 1 aromatic carbocycles. The van der Waals surface area contributed by atoms with Crippen molar-refractivity contribution in [2.45, 2.75) is 38.6 Å². The lowest BCUT2D eigenvalue weighted by molar-refractivity contribution is 0.417. The molecule has 0 saturated heterocycles. The maximum Gasteiger partial charge on any atom is 0.134 e. The summed E-state index contributed by atoms with van der Waals surface area (Å²) in [5.41, 5.74) is 2.29. The molecule has 2 nitrogen and oxygen atoms in total. The summed E-state index contributed by atoms with van der Waals surface area (Å²) in [6, 6.07) is 8.92. The number of benzene rings is 1. The highest BCUT2D eigenvalue weighted by atomic mass is 16.3. The van der Waals surface area contributed by atoms with Gasteiger partial charge in [-0.25, -0.2) is 0 Å². The van der Waals surface area contributed by atoms with Gasteiger partial charge in [-0.15, -0.1) is 0 Å². The molecule has 1 aliphatic rings. The van der Waals surface area contributed by atoms with Crippen molar-refractivity contribution < 1.29 is 4.42 Å². The van der Waals surface area contributed by atoms with Crippen LogP contribution in [0.5, 0.6) is 0 Å². The van der Waals surface area contributed by atoms with Crippen LogP contribution in [0.2, 0.25) is 0 Å². The quantitative estimate of drug-likeness (QED) is 0.851. The Bertz CT molecular complexity index is 539. The first-order chi connectivity index (χ1) is 8.76. The maximum atomic E-state index is 5.97. The van der Waals surface area contributed by atoms with Gasteiger partial charge in [-0.3, -0.25) is 0 Å². The lowest BCUT2D eigenvalue weighted by Gasteiger charge is -2.12.